The molecule has 4 heteroatoms. The molecule has 2 N–H and O–H groups in total. The number of hydrogen-bond acceptors (Lipinski definition) is 3. The van der Waals surface area contributed by atoms with Gasteiger partial charge in [0.15, 0.2) is 0 Å². The van der Waals surface area contributed by atoms with Crippen LogP contribution in [0.25, 0.3) is 0 Å². The summed E-state index contributed by atoms with van der Waals surface area (Å²) in [5, 5.41) is 6.31. The first-order chi connectivity index (χ1) is 9.88. The molecule has 0 aromatic heterocycles. The quantitative estimate of drug-likeness (QED) is 0.721. The second-order valence-electron chi connectivity index (χ2n) is 5.91. The molecule has 3 nitrogen and oxygen atoms in total. The Bertz CT molecular complexity index is 443. The molecule has 0 bridgehead atoms. The third-order valence-corrected chi connectivity index (χ3v) is 4.64. The molecule has 1 amide bonds. The Labute approximate surface area is 133 Å². The molecule has 0 aliphatic rings. The van der Waals surface area contributed by atoms with Gasteiger partial charge in [-0.15, -0.1) is 11.8 Å². The van der Waals surface area contributed by atoms with Gasteiger partial charge in [-0.3, -0.25) is 4.79 Å². The van der Waals surface area contributed by atoms with Crippen molar-refractivity contribution in [3.05, 3.63) is 29.8 Å². The molecule has 0 saturated carbocycles. The van der Waals surface area contributed by atoms with Gasteiger partial charge < -0.3 is 10.6 Å². The molecule has 1 unspecified atom stereocenters. The van der Waals surface area contributed by atoms with Gasteiger partial charge in [-0.1, -0.05) is 26.0 Å². The van der Waals surface area contributed by atoms with E-state index >= 15 is 0 Å². The molecule has 1 aromatic rings. The summed E-state index contributed by atoms with van der Waals surface area (Å²) in [6, 6.07) is 8.41. The second-order valence-corrected chi connectivity index (χ2v) is 7.33. The highest BCUT2D eigenvalue weighted by atomic mass is 32.2. The van der Waals surface area contributed by atoms with Crippen molar-refractivity contribution in [2.75, 3.05) is 6.54 Å². The van der Waals surface area contributed by atoms with Crippen LogP contribution in [0.2, 0.25) is 0 Å². The summed E-state index contributed by atoms with van der Waals surface area (Å²) in [4.78, 5) is 13.3. The Kier molecular flexibility index (Phi) is 7.26. The van der Waals surface area contributed by atoms with Gasteiger partial charge in [0.25, 0.3) is 0 Å². The van der Waals surface area contributed by atoms with Gasteiger partial charge in [0.2, 0.25) is 5.91 Å². The Hall–Kier alpha value is -1.00. The monoisotopic (exact) mass is 308 g/mol. The van der Waals surface area contributed by atoms with Gasteiger partial charge in [-0.2, -0.15) is 0 Å². The minimum absolute atomic E-state index is 0.0876. The van der Waals surface area contributed by atoms with E-state index < -0.39 is 0 Å². The highest BCUT2D eigenvalue weighted by Crippen LogP contribution is 2.24. The number of thioether (sulfide) groups is 1. The fourth-order valence-electron chi connectivity index (χ4n) is 1.74. The summed E-state index contributed by atoms with van der Waals surface area (Å²) in [5.41, 5.74) is 1.13. The van der Waals surface area contributed by atoms with E-state index in [-0.39, 0.29) is 16.7 Å². The van der Waals surface area contributed by atoms with E-state index in [1.54, 1.807) is 11.8 Å². The van der Waals surface area contributed by atoms with Crippen LogP contribution in [-0.4, -0.2) is 23.2 Å². The van der Waals surface area contributed by atoms with E-state index in [0.29, 0.717) is 0 Å². The fourth-order valence-corrected chi connectivity index (χ4v) is 2.60. The lowest BCUT2D eigenvalue weighted by molar-refractivity contribution is -0.121. The Morgan fingerprint density at radius 3 is 2.38 bits per heavy atom. The third kappa shape index (κ3) is 6.53. The summed E-state index contributed by atoms with van der Waals surface area (Å²) < 4.78 is 0. The lowest BCUT2D eigenvalue weighted by Crippen LogP contribution is -2.46. The van der Waals surface area contributed by atoms with Crippen LogP contribution in [0.15, 0.2) is 29.2 Å². The number of nitrogens with one attached hydrogen (secondary N) is 2. The van der Waals surface area contributed by atoms with Crippen molar-refractivity contribution >= 4 is 17.7 Å². The van der Waals surface area contributed by atoms with Crippen LogP contribution >= 0.6 is 11.8 Å². The molecule has 118 valence electrons. The molecule has 0 fully saturated rings. The van der Waals surface area contributed by atoms with Gasteiger partial charge in [0.1, 0.15) is 0 Å². The zero-order valence-corrected chi connectivity index (χ0v) is 14.6. The van der Waals surface area contributed by atoms with Crippen molar-refractivity contribution in [2.45, 2.75) is 63.3 Å². The molecule has 0 radical (unpaired) electrons. The molecule has 0 aliphatic heterocycles. The largest absolute Gasteiger partial charge is 0.350 e. The van der Waals surface area contributed by atoms with Crippen LogP contribution in [0.3, 0.4) is 0 Å². The third-order valence-electron chi connectivity index (χ3n) is 3.53. The second kappa shape index (κ2) is 8.44. The van der Waals surface area contributed by atoms with Gasteiger partial charge >= 0.3 is 0 Å². The van der Waals surface area contributed by atoms with Crippen molar-refractivity contribution in [3.63, 3.8) is 0 Å². The predicted molar refractivity (Wildman–Crippen MR) is 91.7 cm³/mol. The lowest BCUT2D eigenvalue weighted by atomic mass is 10.0. The maximum Gasteiger partial charge on any atom is 0.233 e. The molecule has 0 spiro atoms. The van der Waals surface area contributed by atoms with Gasteiger partial charge in [0.05, 0.1) is 5.25 Å². The average Bonchev–Trinajstić information content (AvgIpc) is 2.46. The minimum Gasteiger partial charge on any atom is -0.350 e. The van der Waals surface area contributed by atoms with E-state index in [4.69, 9.17) is 0 Å². The summed E-state index contributed by atoms with van der Waals surface area (Å²) in [6.45, 7) is 12.1. The molecule has 1 atom stereocenters. The topological polar surface area (TPSA) is 41.1 Å². The maximum atomic E-state index is 12.2. The number of benzene rings is 1. The summed E-state index contributed by atoms with van der Waals surface area (Å²) >= 11 is 1.60. The molecule has 0 saturated heterocycles. The molecule has 1 aromatic carbocycles. The number of hydrogen-bond donors (Lipinski definition) is 2. The molecular formula is C17H28N2OS. The summed E-state index contributed by atoms with van der Waals surface area (Å²) in [7, 11) is 0. The smallest absolute Gasteiger partial charge is 0.233 e. The first-order valence-corrected chi connectivity index (χ1v) is 8.54. The van der Waals surface area contributed by atoms with E-state index in [2.05, 4.69) is 62.6 Å². The molecule has 0 heterocycles. The van der Waals surface area contributed by atoms with Gasteiger partial charge in [0, 0.05) is 17.0 Å². The van der Waals surface area contributed by atoms with Crippen LogP contribution in [0.5, 0.6) is 0 Å². The van der Waals surface area contributed by atoms with Crippen molar-refractivity contribution in [1.29, 1.82) is 0 Å². The minimum atomic E-state index is -0.137. The number of carbonyl (C=O) groups excluding carboxylic acids is 1. The van der Waals surface area contributed by atoms with Crippen LogP contribution in [0, 0.1) is 0 Å². The molecular weight excluding hydrogens is 280 g/mol. The zero-order chi connectivity index (χ0) is 15.9. The zero-order valence-electron chi connectivity index (χ0n) is 13.8. The average molecular weight is 308 g/mol. The first kappa shape index (κ1) is 18.1. The fraction of sp³-hybridized carbons (Fsp3) is 0.588. The Morgan fingerprint density at radius 2 is 1.86 bits per heavy atom. The SMILES string of the molecule is CCNCc1ccc(SC(C)C(=O)NC(C)(C)CC)cc1. The van der Waals surface area contributed by atoms with E-state index in [1.165, 1.54) is 5.56 Å². The number of amides is 1. The van der Waals surface area contributed by atoms with E-state index in [9.17, 15) is 4.79 Å². The lowest BCUT2D eigenvalue weighted by Gasteiger charge is -2.26. The van der Waals surface area contributed by atoms with Crippen LogP contribution < -0.4 is 10.6 Å². The molecule has 0 aliphatic carbocycles. The van der Waals surface area contributed by atoms with Crippen LogP contribution in [-0.2, 0) is 11.3 Å². The highest BCUT2D eigenvalue weighted by Gasteiger charge is 2.22. The number of carbonyl (C=O) groups is 1. The Morgan fingerprint density at radius 1 is 1.24 bits per heavy atom. The van der Waals surface area contributed by atoms with Crippen molar-refractivity contribution in [2.24, 2.45) is 0 Å². The van der Waals surface area contributed by atoms with Gasteiger partial charge in [-0.05, 0) is 51.4 Å². The van der Waals surface area contributed by atoms with Gasteiger partial charge in [-0.25, -0.2) is 0 Å². The van der Waals surface area contributed by atoms with E-state index in [0.717, 1.165) is 24.4 Å². The Balaban J connectivity index is 2.54. The maximum absolute atomic E-state index is 12.2. The van der Waals surface area contributed by atoms with Crippen molar-refractivity contribution in [1.82, 2.24) is 10.6 Å². The highest BCUT2D eigenvalue weighted by molar-refractivity contribution is 8.00. The van der Waals surface area contributed by atoms with E-state index in [1.807, 2.05) is 6.92 Å². The summed E-state index contributed by atoms with van der Waals surface area (Å²) in [5.74, 6) is 0.101. The van der Waals surface area contributed by atoms with Crippen molar-refractivity contribution in [3.8, 4) is 0 Å². The van der Waals surface area contributed by atoms with Crippen LogP contribution in [0.4, 0.5) is 0 Å². The molecule has 21 heavy (non-hydrogen) atoms. The predicted octanol–water partition coefficient (Wildman–Crippen LogP) is 3.58. The number of rotatable bonds is 8. The standard InChI is InChI=1S/C17H28N2OS/c1-6-17(4,5)19-16(20)13(3)21-15-10-8-14(9-11-15)12-18-7-2/h8-11,13,18H,6-7,12H2,1-5H3,(H,19,20). The normalized spacial score (nSPS) is 13.0. The van der Waals surface area contributed by atoms with Crippen molar-refractivity contribution < 1.29 is 4.79 Å². The first-order valence-electron chi connectivity index (χ1n) is 7.66. The molecule has 1 rings (SSSR count). The summed E-state index contributed by atoms with van der Waals surface area (Å²) in [6.07, 6.45) is 0.926. The van der Waals surface area contributed by atoms with Crippen LogP contribution in [0.1, 0.15) is 46.6 Å².